The molecule has 8 nitrogen and oxygen atoms in total. The van der Waals surface area contributed by atoms with Gasteiger partial charge in [0.1, 0.15) is 12.1 Å². The molecular formula is C20H17Cl2N3O5S. The second kappa shape index (κ2) is 9.66. The lowest BCUT2D eigenvalue weighted by atomic mass is 10.2. The number of ether oxygens (including phenoxy) is 1. The molecule has 162 valence electrons. The molecule has 11 heteroatoms. The zero-order chi connectivity index (χ0) is 22.6. The average Bonchev–Trinajstić information content (AvgIpc) is 3.23. The van der Waals surface area contributed by atoms with Gasteiger partial charge in [-0.25, -0.2) is 8.42 Å². The summed E-state index contributed by atoms with van der Waals surface area (Å²) < 4.78 is 31.9. The number of carbonyl (C=O) groups excluding carboxylic acids is 2. The molecule has 1 atom stereocenters. The average molecular weight is 482 g/mol. The van der Waals surface area contributed by atoms with E-state index in [1.54, 1.807) is 0 Å². The van der Waals surface area contributed by atoms with Gasteiger partial charge in [0.15, 0.2) is 6.61 Å². The predicted octanol–water partition coefficient (Wildman–Crippen LogP) is 3.20. The van der Waals surface area contributed by atoms with E-state index in [0.717, 1.165) is 4.31 Å². The van der Waals surface area contributed by atoms with E-state index >= 15 is 0 Å². The van der Waals surface area contributed by atoms with Gasteiger partial charge in [-0.05, 0) is 55.3 Å². The van der Waals surface area contributed by atoms with Crippen LogP contribution < -0.4 is 5.32 Å². The smallest absolute Gasteiger partial charge is 0.324 e. The Morgan fingerprint density at radius 2 is 1.84 bits per heavy atom. The van der Waals surface area contributed by atoms with E-state index in [9.17, 15) is 18.0 Å². The van der Waals surface area contributed by atoms with Crippen LogP contribution in [-0.2, 0) is 24.3 Å². The topological polar surface area (TPSA) is 117 Å². The SMILES string of the molecule is N#Cc1ccc(Cl)cc1NC(=O)COC(=O)C1CCCN1S(=O)(=O)c1ccc(Cl)cc1. The number of benzene rings is 2. The molecule has 1 heterocycles. The van der Waals surface area contributed by atoms with Crippen molar-refractivity contribution in [2.75, 3.05) is 18.5 Å². The van der Waals surface area contributed by atoms with Gasteiger partial charge in [-0.3, -0.25) is 9.59 Å². The highest BCUT2D eigenvalue weighted by Gasteiger charge is 2.40. The van der Waals surface area contributed by atoms with Crippen LogP contribution in [0.25, 0.3) is 0 Å². The van der Waals surface area contributed by atoms with Crippen LogP contribution in [0.2, 0.25) is 10.0 Å². The first-order valence-corrected chi connectivity index (χ1v) is 11.4. The van der Waals surface area contributed by atoms with Crippen LogP contribution in [-0.4, -0.2) is 43.8 Å². The Hall–Kier alpha value is -2.64. The van der Waals surface area contributed by atoms with E-state index in [2.05, 4.69) is 5.32 Å². The highest BCUT2D eigenvalue weighted by atomic mass is 35.5. The number of hydrogen-bond donors (Lipinski definition) is 1. The molecule has 2 aromatic carbocycles. The molecule has 0 saturated carbocycles. The number of nitrogens with one attached hydrogen (secondary N) is 1. The minimum atomic E-state index is -3.93. The van der Waals surface area contributed by atoms with Gasteiger partial charge < -0.3 is 10.1 Å². The van der Waals surface area contributed by atoms with Gasteiger partial charge in [0.05, 0.1) is 16.1 Å². The quantitative estimate of drug-likeness (QED) is 0.633. The molecule has 0 aliphatic carbocycles. The Labute approximate surface area is 189 Å². The third kappa shape index (κ3) is 5.35. The number of carbonyl (C=O) groups is 2. The van der Waals surface area contributed by atoms with Gasteiger partial charge in [0, 0.05) is 16.6 Å². The maximum atomic E-state index is 12.9. The van der Waals surface area contributed by atoms with Crippen LogP contribution in [0, 0.1) is 11.3 Å². The summed E-state index contributed by atoms with van der Waals surface area (Å²) in [6.45, 7) is -0.480. The van der Waals surface area contributed by atoms with Crippen LogP contribution in [0.1, 0.15) is 18.4 Å². The van der Waals surface area contributed by atoms with E-state index in [1.807, 2.05) is 6.07 Å². The van der Waals surface area contributed by atoms with Crippen LogP contribution >= 0.6 is 23.2 Å². The Morgan fingerprint density at radius 3 is 2.52 bits per heavy atom. The molecule has 1 aliphatic heterocycles. The van der Waals surface area contributed by atoms with E-state index in [1.165, 1.54) is 42.5 Å². The number of nitrogens with zero attached hydrogens (tertiary/aromatic N) is 2. The lowest BCUT2D eigenvalue weighted by molar-refractivity contribution is -0.150. The highest BCUT2D eigenvalue weighted by Crippen LogP contribution is 2.27. The molecule has 0 aromatic heterocycles. The summed E-state index contributed by atoms with van der Waals surface area (Å²) in [5.74, 6) is -1.51. The summed E-state index contributed by atoms with van der Waals surface area (Å²) in [5.41, 5.74) is 0.379. The van der Waals surface area contributed by atoms with Crippen LogP contribution in [0.5, 0.6) is 0 Å². The second-order valence-corrected chi connectivity index (χ2v) is 9.45. The number of rotatable bonds is 6. The van der Waals surface area contributed by atoms with Gasteiger partial charge in [-0.2, -0.15) is 9.57 Å². The van der Waals surface area contributed by atoms with Gasteiger partial charge >= 0.3 is 5.97 Å². The maximum absolute atomic E-state index is 12.9. The van der Waals surface area contributed by atoms with Gasteiger partial charge in [0.25, 0.3) is 5.91 Å². The standard InChI is InChI=1S/C20H17Cl2N3O5S/c21-14-5-7-16(8-6-14)31(28,29)25-9-1-2-18(25)20(27)30-12-19(26)24-17-10-15(22)4-3-13(17)11-23/h3-8,10,18H,1-2,9,12H2,(H,24,26). The molecule has 0 spiro atoms. The van der Waals surface area contributed by atoms with Crippen LogP contribution in [0.4, 0.5) is 5.69 Å². The molecule has 1 aliphatic rings. The van der Waals surface area contributed by atoms with Crippen molar-refractivity contribution in [2.24, 2.45) is 0 Å². The van der Waals surface area contributed by atoms with Crippen molar-refractivity contribution in [3.8, 4) is 6.07 Å². The van der Waals surface area contributed by atoms with Crippen molar-refractivity contribution in [3.63, 3.8) is 0 Å². The van der Waals surface area contributed by atoms with Crippen molar-refractivity contribution < 1.29 is 22.7 Å². The number of anilines is 1. The van der Waals surface area contributed by atoms with E-state index in [0.29, 0.717) is 16.5 Å². The molecule has 31 heavy (non-hydrogen) atoms. The third-order valence-electron chi connectivity index (χ3n) is 4.62. The zero-order valence-electron chi connectivity index (χ0n) is 16.0. The van der Waals surface area contributed by atoms with Gasteiger partial charge in [0.2, 0.25) is 10.0 Å². The third-order valence-corrected chi connectivity index (χ3v) is 7.03. The molecule has 1 saturated heterocycles. The van der Waals surface area contributed by atoms with Gasteiger partial charge in [-0.15, -0.1) is 0 Å². The van der Waals surface area contributed by atoms with Crippen molar-refractivity contribution in [1.29, 1.82) is 5.26 Å². The van der Waals surface area contributed by atoms with Crippen LogP contribution in [0.15, 0.2) is 47.4 Å². The first-order chi connectivity index (χ1) is 14.7. The second-order valence-electron chi connectivity index (χ2n) is 6.69. The Morgan fingerprint density at radius 1 is 1.16 bits per heavy atom. The monoisotopic (exact) mass is 481 g/mol. The molecule has 2 aromatic rings. The zero-order valence-corrected chi connectivity index (χ0v) is 18.4. The summed E-state index contributed by atoms with van der Waals surface area (Å²) in [6, 6.07) is 10.9. The number of sulfonamides is 1. The number of esters is 1. The molecule has 3 rings (SSSR count). The first kappa shape index (κ1) is 23.0. The summed E-state index contributed by atoms with van der Waals surface area (Å²) >= 11 is 11.7. The summed E-state index contributed by atoms with van der Waals surface area (Å²) in [7, 11) is -3.93. The Kier molecular flexibility index (Phi) is 7.18. The summed E-state index contributed by atoms with van der Waals surface area (Å²) in [5, 5.41) is 12.3. The maximum Gasteiger partial charge on any atom is 0.324 e. The molecule has 0 bridgehead atoms. The van der Waals surface area contributed by atoms with E-state index < -0.39 is 34.5 Å². The summed E-state index contributed by atoms with van der Waals surface area (Å²) in [4.78, 5) is 24.7. The lowest BCUT2D eigenvalue weighted by Gasteiger charge is -2.22. The number of halogens is 2. The highest BCUT2D eigenvalue weighted by molar-refractivity contribution is 7.89. The molecule has 0 radical (unpaired) electrons. The van der Waals surface area contributed by atoms with Crippen molar-refractivity contribution in [1.82, 2.24) is 4.31 Å². The molecule has 1 N–H and O–H groups in total. The minimum absolute atomic E-state index is 0.0133. The largest absolute Gasteiger partial charge is 0.454 e. The molecule has 1 unspecified atom stereocenters. The normalized spacial score (nSPS) is 16.5. The number of nitriles is 1. The van der Waals surface area contributed by atoms with Crippen molar-refractivity contribution in [2.45, 2.75) is 23.8 Å². The molecular weight excluding hydrogens is 465 g/mol. The van der Waals surface area contributed by atoms with Crippen molar-refractivity contribution >= 4 is 50.8 Å². The summed E-state index contributed by atoms with van der Waals surface area (Å²) in [6.07, 6.45) is 0.757. The van der Waals surface area contributed by atoms with Crippen LogP contribution in [0.3, 0.4) is 0 Å². The fraction of sp³-hybridized carbons (Fsp3) is 0.250. The fourth-order valence-electron chi connectivity index (χ4n) is 3.14. The molecule has 1 amide bonds. The van der Waals surface area contributed by atoms with E-state index in [4.69, 9.17) is 33.2 Å². The van der Waals surface area contributed by atoms with Gasteiger partial charge in [-0.1, -0.05) is 23.2 Å². The lowest BCUT2D eigenvalue weighted by Crippen LogP contribution is -2.42. The fourth-order valence-corrected chi connectivity index (χ4v) is 5.09. The Balaban J connectivity index is 1.65. The Bertz CT molecular complexity index is 1150. The first-order valence-electron chi connectivity index (χ1n) is 9.16. The number of hydrogen-bond acceptors (Lipinski definition) is 6. The van der Waals surface area contributed by atoms with E-state index in [-0.39, 0.29) is 29.1 Å². The number of amides is 1. The predicted molar refractivity (Wildman–Crippen MR) is 114 cm³/mol. The minimum Gasteiger partial charge on any atom is -0.454 e. The van der Waals surface area contributed by atoms with Crippen molar-refractivity contribution in [3.05, 3.63) is 58.1 Å². The molecule has 1 fully saturated rings.